The van der Waals surface area contributed by atoms with Crippen LogP contribution in [0.2, 0.25) is 15.1 Å². The first-order valence-corrected chi connectivity index (χ1v) is 10.5. The van der Waals surface area contributed by atoms with Gasteiger partial charge in [-0.15, -0.1) is 0 Å². The number of anilines is 1. The smallest absolute Gasteiger partial charge is 0.0612 e. The minimum atomic E-state index is 0.600. The monoisotopic (exact) mass is 430 g/mol. The molecule has 0 N–H and O–H groups in total. The number of benzene rings is 3. The van der Waals surface area contributed by atoms with Gasteiger partial charge in [-0.25, -0.2) is 0 Å². The van der Waals surface area contributed by atoms with Crippen LogP contribution >= 0.6 is 34.8 Å². The molecular formula is C23H21Cl3N2. The van der Waals surface area contributed by atoms with E-state index in [1.807, 2.05) is 30.3 Å². The molecule has 28 heavy (non-hydrogen) atoms. The molecule has 1 aliphatic rings. The third-order valence-electron chi connectivity index (χ3n) is 5.21. The highest BCUT2D eigenvalue weighted by atomic mass is 35.5. The van der Waals surface area contributed by atoms with E-state index in [1.165, 1.54) is 16.7 Å². The quantitative estimate of drug-likeness (QED) is 0.457. The lowest BCUT2D eigenvalue weighted by molar-refractivity contribution is 0.250. The van der Waals surface area contributed by atoms with Crippen molar-refractivity contribution in [1.29, 1.82) is 0 Å². The summed E-state index contributed by atoms with van der Waals surface area (Å²) in [4.78, 5) is 4.87. The Hall–Kier alpha value is -1.71. The van der Waals surface area contributed by atoms with E-state index in [0.29, 0.717) is 10.0 Å². The van der Waals surface area contributed by atoms with Gasteiger partial charge in [0, 0.05) is 43.4 Å². The first kappa shape index (κ1) is 19.6. The molecule has 5 heteroatoms. The van der Waals surface area contributed by atoms with Crippen LogP contribution < -0.4 is 4.90 Å². The Labute approximate surface area is 181 Å². The Kier molecular flexibility index (Phi) is 6.13. The van der Waals surface area contributed by atoms with Crippen molar-refractivity contribution in [3.63, 3.8) is 0 Å². The number of hydrogen-bond donors (Lipinski definition) is 0. The van der Waals surface area contributed by atoms with Crippen molar-refractivity contribution < 1.29 is 0 Å². The van der Waals surface area contributed by atoms with Crippen molar-refractivity contribution in [3.8, 4) is 11.1 Å². The van der Waals surface area contributed by atoms with Crippen LogP contribution in [0.1, 0.15) is 5.56 Å². The van der Waals surface area contributed by atoms with Gasteiger partial charge in [0.1, 0.15) is 0 Å². The molecule has 4 rings (SSSR count). The van der Waals surface area contributed by atoms with Gasteiger partial charge in [0.15, 0.2) is 0 Å². The van der Waals surface area contributed by atoms with Crippen LogP contribution in [0.3, 0.4) is 0 Å². The highest BCUT2D eigenvalue weighted by molar-refractivity contribution is 6.42. The summed E-state index contributed by atoms with van der Waals surface area (Å²) in [6.45, 7) is 4.90. The summed E-state index contributed by atoms with van der Waals surface area (Å²) in [6, 6.07) is 22.5. The van der Waals surface area contributed by atoms with E-state index in [9.17, 15) is 0 Å². The van der Waals surface area contributed by atoms with E-state index in [4.69, 9.17) is 34.8 Å². The molecule has 0 unspecified atom stereocenters. The van der Waals surface area contributed by atoms with Gasteiger partial charge in [0.25, 0.3) is 0 Å². The first-order valence-electron chi connectivity index (χ1n) is 9.36. The van der Waals surface area contributed by atoms with Crippen molar-refractivity contribution in [2.75, 3.05) is 31.1 Å². The maximum atomic E-state index is 6.18. The number of halogens is 3. The lowest BCUT2D eigenvalue weighted by Gasteiger charge is -2.36. The van der Waals surface area contributed by atoms with Crippen LogP contribution in [-0.2, 0) is 6.54 Å². The molecule has 0 amide bonds. The van der Waals surface area contributed by atoms with Crippen molar-refractivity contribution >= 4 is 40.5 Å². The molecule has 0 aliphatic carbocycles. The van der Waals surface area contributed by atoms with E-state index in [0.717, 1.165) is 43.4 Å². The Morgan fingerprint density at radius 3 is 2.14 bits per heavy atom. The van der Waals surface area contributed by atoms with Crippen LogP contribution in [0.15, 0.2) is 66.7 Å². The Balaban J connectivity index is 1.44. The zero-order valence-corrected chi connectivity index (χ0v) is 17.7. The van der Waals surface area contributed by atoms with Gasteiger partial charge in [-0.3, -0.25) is 4.90 Å². The first-order chi connectivity index (χ1) is 13.6. The van der Waals surface area contributed by atoms with Gasteiger partial charge in [-0.05, 0) is 47.0 Å². The number of rotatable bonds is 4. The second kappa shape index (κ2) is 8.75. The van der Waals surface area contributed by atoms with Crippen molar-refractivity contribution in [2.45, 2.75) is 6.54 Å². The van der Waals surface area contributed by atoms with Gasteiger partial charge in [0.05, 0.1) is 10.0 Å². The highest BCUT2D eigenvalue weighted by Crippen LogP contribution is 2.29. The molecule has 3 aromatic carbocycles. The van der Waals surface area contributed by atoms with E-state index < -0.39 is 0 Å². The van der Waals surface area contributed by atoms with Gasteiger partial charge >= 0.3 is 0 Å². The van der Waals surface area contributed by atoms with Crippen LogP contribution in [0.4, 0.5) is 5.69 Å². The molecule has 0 bridgehead atoms. The fourth-order valence-electron chi connectivity index (χ4n) is 3.66. The normalized spacial score (nSPS) is 15.0. The largest absolute Gasteiger partial charge is 0.369 e. The molecule has 3 aromatic rings. The van der Waals surface area contributed by atoms with Gasteiger partial charge in [0.2, 0.25) is 0 Å². The molecule has 0 aromatic heterocycles. The third kappa shape index (κ3) is 4.47. The zero-order valence-electron chi connectivity index (χ0n) is 15.4. The second-order valence-corrected chi connectivity index (χ2v) is 8.28. The number of nitrogens with zero attached hydrogens (tertiary/aromatic N) is 2. The molecule has 0 saturated carbocycles. The standard InChI is InChI=1S/C23H21Cl3N2/c24-19-7-5-17(6-8-19)21-4-2-1-3-18(21)16-27-11-13-28(14-12-27)20-9-10-22(25)23(26)15-20/h1-10,15H,11-14,16H2. The summed E-state index contributed by atoms with van der Waals surface area (Å²) in [5, 5.41) is 1.97. The molecule has 0 radical (unpaired) electrons. The fraction of sp³-hybridized carbons (Fsp3) is 0.217. The molecule has 2 nitrogen and oxygen atoms in total. The van der Waals surface area contributed by atoms with E-state index in [-0.39, 0.29) is 0 Å². The number of hydrogen-bond acceptors (Lipinski definition) is 2. The highest BCUT2D eigenvalue weighted by Gasteiger charge is 2.19. The average molecular weight is 432 g/mol. The summed E-state index contributed by atoms with van der Waals surface area (Å²) < 4.78 is 0. The third-order valence-corrected chi connectivity index (χ3v) is 6.20. The molecule has 1 fully saturated rings. The summed E-state index contributed by atoms with van der Waals surface area (Å²) in [5.41, 5.74) is 4.95. The van der Waals surface area contributed by atoms with Crippen molar-refractivity contribution in [3.05, 3.63) is 87.4 Å². The molecule has 144 valence electrons. The zero-order chi connectivity index (χ0) is 19.5. The summed E-state index contributed by atoms with van der Waals surface area (Å²) in [6.07, 6.45) is 0. The summed E-state index contributed by atoms with van der Waals surface area (Å²) in [5.74, 6) is 0. The Morgan fingerprint density at radius 2 is 1.43 bits per heavy atom. The van der Waals surface area contributed by atoms with Crippen molar-refractivity contribution in [1.82, 2.24) is 4.90 Å². The minimum absolute atomic E-state index is 0.600. The lowest BCUT2D eigenvalue weighted by Crippen LogP contribution is -2.46. The van der Waals surface area contributed by atoms with E-state index >= 15 is 0 Å². The lowest BCUT2D eigenvalue weighted by atomic mass is 9.99. The Morgan fingerprint density at radius 1 is 0.714 bits per heavy atom. The minimum Gasteiger partial charge on any atom is -0.369 e. The van der Waals surface area contributed by atoms with Crippen LogP contribution in [-0.4, -0.2) is 31.1 Å². The van der Waals surface area contributed by atoms with Crippen LogP contribution in [0, 0.1) is 0 Å². The van der Waals surface area contributed by atoms with Gasteiger partial charge in [-0.2, -0.15) is 0 Å². The van der Waals surface area contributed by atoms with Gasteiger partial charge in [-0.1, -0.05) is 71.2 Å². The predicted octanol–water partition coefficient (Wildman–Crippen LogP) is 6.64. The molecule has 0 spiro atoms. The number of piperazine rings is 1. The van der Waals surface area contributed by atoms with Crippen LogP contribution in [0.25, 0.3) is 11.1 Å². The summed E-state index contributed by atoms with van der Waals surface area (Å²) in [7, 11) is 0. The van der Waals surface area contributed by atoms with Crippen molar-refractivity contribution in [2.24, 2.45) is 0 Å². The topological polar surface area (TPSA) is 6.48 Å². The summed E-state index contributed by atoms with van der Waals surface area (Å²) >= 11 is 18.3. The van der Waals surface area contributed by atoms with Crippen LogP contribution in [0.5, 0.6) is 0 Å². The average Bonchev–Trinajstić information content (AvgIpc) is 2.72. The maximum Gasteiger partial charge on any atom is 0.0612 e. The molecule has 1 aliphatic heterocycles. The molecule has 1 heterocycles. The van der Waals surface area contributed by atoms with E-state index in [2.05, 4.69) is 46.2 Å². The molecule has 1 saturated heterocycles. The van der Waals surface area contributed by atoms with E-state index in [1.54, 1.807) is 0 Å². The maximum absolute atomic E-state index is 6.18. The second-order valence-electron chi connectivity index (χ2n) is 7.03. The van der Waals surface area contributed by atoms with Gasteiger partial charge < -0.3 is 4.90 Å². The fourth-order valence-corrected chi connectivity index (χ4v) is 4.07. The Bertz CT molecular complexity index is 948. The molecule has 0 atom stereocenters. The predicted molar refractivity (Wildman–Crippen MR) is 121 cm³/mol. The SMILES string of the molecule is Clc1ccc(-c2ccccc2CN2CCN(c3ccc(Cl)c(Cl)c3)CC2)cc1. The molecular weight excluding hydrogens is 411 g/mol.